The lowest BCUT2D eigenvalue weighted by molar-refractivity contribution is 0.291. The second kappa shape index (κ2) is 7.98. The number of hydrogen-bond donors (Lipinski definition) is 2. The summed E-state index contributed by atoms with van der Waals surface area (Å²) in [6.07, 6.45) is 5.16. The minimum absolute atomic E-state index is 0.109. The SMILES string of the molecule is C#CCOc1cc(Br)c(CNCCO)cc1OC. The molecule has 0 aliphatic heterocycles. The van der Waals surface area contributed by atoms with Gasteiger partial charge in [0.25, 0.3) is 0 Å². The first-order valence-corrected chi connectivity index (χ1v) is 6.26. The number of rotatable bonds is 7. The van der Waals surface area contributed by atoms with Crippen molar-refractivity contribution in [2.45, 2.75) is 6.54 Å². The van der Waals surface area contributed by atoms with Crippen LogP contribution in [0.2, 0.25) is 0 Å². The minimum Gasteiger partial charge on any atom is -0.493 e. The third-order valence-corrected chi connectivity index (χ3v) is 2.99. The van der Waals surface area contributed by atoms with Gasteiger partial charge in [0.2, 0.25) is 0 Å². The van der Waals surface area contributed by atoms with E-state index in [9.17, 15) is 0 Å². The molecule has 0 saturated carbocycles. The molecule has 1 aromatic carbocycles. The van der Waals surface area contributed by atoms with E-state index in [1.165, 1.54) is 0 Å². The first-order valence-electron chi connectivity index (χ1n) is 5.47. The third kappa shape index (κ3) is 4.22. The van der Waals surface area contributed by atoms with E-state index in [4.69, 9.17) is 21.0 Å². The number of ether oxygens (including phenoxy) is 2. The zero-order valence-electron chi connectivity index (χ0n) is 10.2. The number of aliphatic hydroxyl groups excluding tert-OH is 1. The van der Waals surface area contributed by atoms with E-state index in [-0.39, 0.29) is 13.2 Å². The van der Waals surface area contributed by atoms with Crippen molar-refractivity contribution < 1.29 is 14.6 Å². The van der Waals surface area contributed by atoms with E-state index < -0.39 is 0 Å². The van der Waals surface area contributed by atoms with Crippen molar-refractivity contribution in [2.75, 3.05) is 26.9 Å². The summed E-state index contributed by atoms with van der Waals surface area (Å²) >= 11 is 3.46. The van der Waals surface area contributed by atoms with Gasteiger partial charge in [-0.3, -0.25) is 0 Å². The molecule has 0 radical (unpaired) electrons. The Kier molecular flexibility index (Phi) is 6.58. The summed E-state index contributed by atoms with van der Waals surface area (Å²) < 4.78 is 11.5. The van der Waals surface area contributed by atoms with Gasteiger partial charge in [0.15, 0.2) is 11.5 Å². The zero-order valence-corrected chi connectivity index (χ0v) is 11.8. The second-order valence-corrected chi connectivity index (χ2v) is 4.34. The highest BCUT2D eigenvalue weighted by molar-refractivity contribution is 9.10. The predicted octanol–water partition coefficient (Wildman–Crippen LogP) is 1.55. The van der Waals surface area contributed by atoms with Gasteiger partial charge in [-0.1, -0.05) is 21.9 Å². The van der Waals surface area contributed by atoms with Crippen molar-refractivity contribution in [1.29, 1.82) is 0 Å². The Morgan fingerprint density at radius 2 is 2.22 bits per heavy atom. The van der Waals surface area contributed by atoms with Crippen molar-refractivity contribution >= 4 is 15.9 Å². The normalized spacial score (nSPS) is 9.89. The van der Waals surface area contributed by atoms with Crippen molar-refractivity contribution in [1.82, 2.24) is 5.32 Å². The zero-order chi connectivity index (χ0) is 13.4. The number of aliphatic hydroxyl groups is 1. The number of hydrogen-bond acceptors (Lipinski definition) is 4. The molecular weight excluding hydrogens is 298 g/mol. The summed E-state index contributed by atoms with van der Waals surface area (Å²) in [7, 11) is 1.58. The maximum Gasteiger partial charge on any atom is 0.163 e. The van der Waals surface area contributed by atoms with E-state index in [0.29, 0.717) is 24.6 Å². The molecule has 0 aliphatic carbocycles. The average molecular weight is 314 g/mol. The number of methoxy groups -OCH3 is 1. The molecule has 2 N–H and O–H groups in total. The Morgan fingerprint density at radius 3 is 2.83 bits per heavy atom. The number of terminal acetylenes is 1. The fourth-order valence-corrected chi connectivity index (χ4v) is 1.87. The van der Waals surface area contributed by atoms with E-state index in [1.807, 2.05) is 12.1 Å². The smallest absolute Gasteiger partial charge is 0.163 e. The summed E-state index contributed by atoms with van der Waals surface area (Å²) in [6, 6.07) is 3.70. The average Bonchev–Trinajstić information content (AvgIpc) is 2.38. The van der Waals surface area contributed by atoms with Crippen molar-refractivity contribution in [3.8, 4) is 23.8 Å². The molecule has 1 aromatic rings. The second-order valence-electron chi connectivity index (χ2n) is 3.49. The number of nitrogens with one attached hydrogen (secondary N) is 1. The van der Waals surface area contributed by atoms with Crippen LogP contribution in [0.5, 0.6) is 11.5 Å². The molecule has 0 saturated heterocycles. The quantitative estimate of drug-likeness (QED) is 0.592. The largest absolute Gasteiger partial charge is 0.493 e. The Morgan fingerprint density at radius 1 is 1.44 bits per heavy atom. The molecule has 0 aromatic heterocycles. The van der Waals surface area contributed by atoms with Crippen LogP contribution in [-0.2, 0) is 6.54 Å². The topological polar surface area (TPSA) is 50.7 Å². The molecule has 0 atom stereocenters. The number of benzene rings is 1. The summed E-state index contributed by atoms with van der Waals surface area (Å²) in [5, 5.41) is 11.8. The Bertz CT molecular complexity index is 429. The van der Waals surface area contributed by atoms with Crippen LogP contribution in [0.15, 0.2) is 16.6 Å². The fourth-order valence-electron chi connectivity index (χ4n) is 1.41. The van der Waals surface area contributed by atoms with Gasteiger partial charge in [0.1, 0.15) is 6.61 Å². The van der Waals surface area contributed by atoms with Crippen LogP contribution < -0.4 is 14.8 Å². The molecule has 1 rings (SSSR count). The van der Waals surface area contributed by atoms with Gasteiger partial charge in [-0.2, -0.15) is 0 Å². The van der Waals surface area contributed by atoms with E-state index in [0.717, 1.165) is 10.0 Å². The van der Waals surface area contributed by atoms with Crippen LogP contribution >= 0.6 is 15.9 Å². The molecule has 0 heterocycles. The summed E-state index contributed by atoms with van der Waals surface area (Å²) in [5.74, 6) is 3.65. The van der Waals surface area contributed by atoms with Crippen molar-refractivity contribution in [3.63, 3.8) is 0 Å². The molecule has 5 heteroatoms. The van der Waals surface area contributed by atoms with E-state index in [2.05, 4.69) is 27.2 Å². The summed E-state index contributed by atoms with van der Waals surface area (Å²) in [5.41, 5.74) is 1.02. The van der Waals surface area contributed by atoms with Gasteiger partial charge in [0.05, 0.1) is 13.7 Å². The lowest BCUT2D eigenvalue weighted by Crippen LogP contribution is -2.17. The Labute approximate surface area is 115 Å². The van der Waals surface area contributed by atoms with Crippen LogP contribution in [0.4, 0.5) is 0 Å². The van der Waals surface area contributed by atoms with Gasteiger partial charge >= 0.3 is 0 Å². The minimum atomic E-state index is 0.109. The van der Waals surface area contributed by atoms with Crippen LogP contribution in [0.1, 0.15) is 5.56 Å². The van der Waals surface area contributed by atoms with E-state index >= 15 is 0 Å². The molecule has 18 heavy (non-hydrogen) atoms. The Balaban J connectivity index is 2.85. The molecule has 0 bridgehead atoms. The van der Waals surface area contributed by atoms with Gasteiger partial charge in [0, 0.05) is 17.6 Å². The van der Waals surface area contributed by atoms with Gasteiger partial charge < -0.3 is 19.9 Å². The first-order chi connectivity index (χ1) is 8.72. The molecule has 0 amide bonds. The summed E-state index contributed by atoms with van der Waals surface area (Å²) in [6.45, 7) is 1.49. The van der Waals surface area contributed by atoms with E-state index in [1.54, 1.807) is 7.11 Å². The fraction of sp³-hybridized carbons (Fsp3) is 0.385. The van der Waals surface area contributed by atoms with Crippen molar-refractivity contribution in [2.24, 2.45) is 0 Å². The van der Waals surface area contributed by atoms with Gasteiger partial charge in [-0.05, 0) is 17.7 Å². The molecule has 0 spiro atoms. The highest BCUT2D eigenvalue weighted by Crippen LogP contribution is 2.33. The molecule has 0 fully saturated rings. The number of halogens is 1. The molecular formula is C13H16BrNO3. The predicted molar refractivity (Wildman–Crippen MR) is 73.8 cm³/mol. The Hall–Kier alpha value is -1.22. The highest BCUT2D eigenvalue weighted by atomic mass is 79.9. The van der Waals surface area contributed by atoms with Crippen LogP contribution in [-0.4, -0.2) is 32.0 Å². The lowest BCUT2D eigenvalue weighted by Gasteiger charge is -2.13. The lowest BCUT2D eigenvalue weighted by atomic mass is 10.2. The highest BCUT2D eigenvalue weighted by Gasteiger charge is 2.09. The maximum absolute atomic E-state index is 8.72. The molecule has 4 nitrogen and oxygen atoms in total. The monoisotopic (exact) mass is 313 g/mol. The van der Waals surface area contributed by atoms with Crippen molar-refractivity contribution in [3.05, 3.63) is 22.2 Å². The van der Waals surface area contributed by atoms with Crippen LogP contribution in [0.3, 0.4) is 0 Å². The first kappa shape index (κ1) is 14.8. The van der Waals surface area contributed by atoms with Gasteiger partial charge in [-0.25, -0.2) is 0 Å². The third-order valence-electron chi connectivity index (χ3n) is 2.25. The standard InChI is InChI=1S/C13H16BrNO3/c1-3-6-18-13-8-11(14)10(7-12(13)17-2)9-15-4-5-16/h1,7-8,15-16H,4-6,9H2,2H3. The van der Waals surface area contributed by atoms with Gasteiger partial charge in [-0.15, -0.1) is 6.42 Å². The molecule has 0 aliphatic rings. The van der Waals surface area contributed by atoms with Crippen LogP contribution in [0.25, 0.3) is 0 Å². The molecule has 0 unspecified atom stereocenters. The molecule has 98 valence electrons. The van der Waals surface area contributed by atoms with Crippen LogP contribution in [0, 0.1) is 12.3 Å². The maximum atomic E-state index is 8.72. The summed E-state index contributed by atoms with van der Waals surface area (Å²) in [4.78, 5) is 0.